The monoisotopic (exact) mass is 489 g/mol. The number of rotatable bonds is 10. The zero-order valence-electron chi connectivity index (χ0n) is 21.0. The van der Waals surface area contributed by atoms with Gasteiger partial charge in [0.05, 0.1) is 25.4 Å². The second-order valence-corrected chi connectivity index (χ2v) is 9.24. The Morgan fingerprint density at radius 1 is 1.14 bits per heavy atom. The van der Waals surface area contributed by atoms with Crippen molar-refractivity contribution >= 4 is 22.8 Å². The predicted molar refractivity (Wildman–Crippen MR) is 135 cm³/mol. The first-order chi connectivity index (χ1) is 17.3. The number of furan rings is 1. The molecule has 2 amide bonds. The molecular weight excluding hydrogens is 458 g/mol. The van der Waals surface area contributed by atoms with Crippen LogP contribution in [0.4, 0.5) is 0 Å². The quantitative estimate of drug-likeness (QED) is 0.360. The fourth-order valence-electron chi connectivity index (χ4n) is 3.92. The number of fused-ring (bicyclic) bond motifs is 1. The molecule has 0 spiro atoms. The third kappa shape index (κ3) is 5.56. The molecule has 2 aromatic carbocycles. The van der Waals surface area contributed by atoms with Gasteiger partial charge in [-0.3, -0.25) is 9.59 Å². The lowest BCUT2D eigenvalue weighted by Gasteiger charge is -2.34. The number of para-hydroxylation sites is 1. The normalized spacial score (nSPS) is 12.3. The van der Waals surface area contributed by atoms with Crippen LogP contribution in [0.3, 0.4) is 0 Å². The first kappa shape index (κ1) is 25.0. The van der Waals surface area contributed by atoms with Gasteiger partial charge in [0, 0.05) is 5.54 Å². The summed E-state index contributed by atoms with van der Waals surface area (Å²) in [5.41, 5.74) is 1.59. The van der Waals surface area contributed by atoms with Crippen LogP contribution in [-0.4, -0.2) is 44.4 Å². The highest BCUT2D eigenvalue weighted by atomic mass is 16.5. The van der Waals surface area contributed by atoms with Crippen molar-refractivity contribution in [1.29, 1.82) is 0 Å². The second kappa shape index (κ2) is 10.6. The average molecular weight is 490 g/mol. The number of amides is 2. The molecular formula is C27H31N5O4. The molecule has 1 N–H and O–H groups in total. The Balaban J connectivity index is 1.76. The Morgan fingerprint density at radius 2 is 1.94 bits per heavy atom. The molecule has 9 heteroatoms. The van der Waals surface area contributed by atoms with Crippen molar-refractivity contribution in [2.24, 2.45) is 0 Å². The van der Waals surface area contributed by atoms with Gasteiger partial charge in [-0.15, -0.1) is 5.10 Å². The summed E-state index contributed by atoms with van der Waals surface area (Å²) in [6.07, 6.45) is 2.27. The first-order valence-electron chi connectivity index (χ1n) is 11.9. The molecule has 0 aliphatic heterocycles. The van der Waals surface area contributed by atoms with Crippen LogP contribution in [0.1, 0.15) is 44.6 Å². The average Bonchev–Trinajstić information content (AvgIpc) is 3.54. The Labute approximate surface area is 210 Å². The minimum atomic E-state index is -0.932. The third-order valence-corrected chi connectivity index (χ3v) is 6.25. The molecule has 0 radical (unpaired) electrons. The largest absolute Gasteiger partial charge is 0.497 e. The van der Waals surface area contributed by atoms with E-state index in [0.29, 0.717) is 22.6 Å². The Morgan fingerprint density at radius 3 is 2.67 bits per heavy atom. The molecule has 1 atom stereocenters. The Hall–Kier alpha value is -4.14. The highest BCUT2D eigenvalue weighted by Gasteiger charge is 2.35. The first-order valence-corrected chi connectivity index (χ1v) is 11.9. The fraction of sp³-hybridized carbons (Fsp3) is 0.333. The van der Waals surface area contributed by atoms with Gasteiger partial charge in [-0.25, -0.2) is 4.68 Å². The van der Waals surface area contributed by atoms with E-state index in [2.05, 4.69) is 15.6 Å². The number of nitrogens with one attached hydrogen (secondary N) is 1. The van der Waals surface area contributed by atoms with Crippen LogP contribution in [0.2, 0.25) is 0 Å². The van der Waals surface area contributed by atoms with E-state index >= 15 is 0 Å². The molecule has 0 aliphatic carbocycles. The van der Waals surface area contributed by atoms with Crippen molar-refractivity contribution in [2.75, 3.05) is 7.11 Å². The van der Waals surface area contributed by atoms with Gasteiger partial charge in [0.1, 0.15) is 29.6 Å². The number of carbonyl (C=O) groups excluding carboxylic acids is 2. The van der Waals surface area contributed by atoms with Gasteiger partial charge in [0.2, 0.25) is 11.8 Å². The maximum atomic E-state index is 13.9. The summed E-state index contributed by atoms with van der Waals surface area (Å²) in [4.78, 5) is 29.2. The number of hydrogen-bond acceptors (Lipinski definition) is 6. The number of carbonyl (C=O) groups is 2. The summed E-state index contributed by atoms with van der Waals surface area (Å²) < 4.78 is 12.5. The lowest BCUT2D eigenvalue weighted by Crippen LogP contribution is -2.50. The SMILES string of the molecule is CCC(C)(C)NC(=O)[C@H](c1cccc(OC)c1)N(Cc1ccco1)C(=O)Cn1nnc2ccccc21. The summed E-state index contributed by atoms with van der Waals surface area (Å²) in [6, 6.07) is 17.2. The summed E-state index contributed by atoms with van der Waals surface area (Å²) in [6.45, 7) is 5.91. The van der Waals surface area contributed by atoms with E-state index in [9.17, 15) is 9.59 Å². The van der Waals surface area contributed by atoms with Gasteiger partial charge >= 0.3 is 0 Å². The van der Waals surface area contributed by atoms with Crippen LogP contribution in [0.25, 0.3) is 11.0 Å². The topological polar surface area (TPSA) is 102 Å². The van der Waals surface area contributed by atoms with E-state index in [1.807, 2.05) is 51.1 Å². The number of ether oxygens (including phenoxy) is 1. The van der Waals surface area contributed by atoms with Crippen molar-refractivity contribution in [3.05, 3.63) is 78.3 Å². The van der Waals surface area contributed by atoms with Crippen molar-refractivity contribution in [2.45, 2.75) is 51.9 Å². The standard InChI is InChI=1S/C27H31N5O4/c1-5-27(2,3)28-26(34)25(19-10-8-11-20(16-19)35-4)31(17-21-12-9-15-36-21)24(33)18-32-23-14-7-6-13-22(23)29-30-32/h6-16,25H,5,17-18H2,1-4H3,(H,28,34)/t25-/m0/s1. The molecule has 188 valence electrons. The van der Waals surface area contributed by atoms with Gasteiger partial charge < -0.3 is 19.4 Å². The van der Waals surface area contributed by atoms with Gasteiger partial charge in [0.15, 0.2) is 0 Å². The molecule has 0 aliphatic rings. The molecule has 0 unspecified atom stereocenters. The fourth-order valence-corrected chi connectivity index (χ4v) is 3.92. The summed E-state index contributed by atoms with van der Waals surface area (Å²) in [5, 5.41) is 11.4. The van der Waals surface area contributed by atoms with E-state index in [-0.39, 0.29) is 24.9 Å². The smallest absolute Gasteiger partial charge is 0.247 e. The molecule has 36 heavy (non-hydrogen) atoms. The number of benzene rings is 2. The lowest BCUT2D eigenvalue weighted by atomic mass is 9.98. The van der Waals surface area contributed by atoms with E-state index < -0.39 is 11.6 Å². The van der Waals surface area contributed by atoms with Crippen molar-refractivity contribution in [3.8, 4) is 5.75 Å². The summed E-state index contributed by atoms with van der Waals surface area (Å²) in [5.74, 6) is 0.549. The van der Waals surface area contributed by atoms with Crippen molar-refractivity contribution in [3.63, 3.8) is 0 Å². The minimum Gasteiger partial charge on any atom is -0.497 e. The van der Waals surface area contributed by atoms with Crippen LogP contribution in [-0.2, 0) is 22.7 Å². The van der Waals surface area contributed by atoms with Crippen LogP contribution >= 0.6 is 0 Å². The number of methoxy groups -OCH3 is 1. The molecule has 9 nitrogen and oxygen atoms in total. The van der Waals surface area contributed by atoms with E-state index in [1.54, 1.807) is 48.4 Å². The van der Waals surface area contributed by atoms with Crippen molar-refractivity contribution in [1.82, 2.24) is 25.2 Å². The highest BCUT2D eigenvalue weighted by Crippen LogP contribution is 2.28. The van der Waals surface area contributed by atoms with E-state index in [4.69, 9.17) is 9.15 Å². The van der Waals surface area contributed by atoms with Gasteiger partial charge in [-0.2, -0.15) is 0 Å². The minimum absolute atomic E-state index is 0.0911. The maximum absolute atomic E-state index is 13.9. The van der Waals surface area contributed by atoms with Crippen LogP contribution in [0.15, 0.2) is 71.3 Å². The number of aromatic nitrogens is 3. The van der Waals surface area contributed by atoms with Crippen LogP contribution in [0.5, 0.6) is 5.75 Å². The molecule has 0 bridgehead atoms. The van der Waals surface area contributed by atoms with Crippen molar-refractivity contribution < 1.29 is 18.7 Å². The van der Waals surface area contributed by atoms with Gasteiger partial charge in [-0.05, 0) is 62.2 Å². The highest BCUT2D eigenvalue weighted by molar-refractivity contribution is 5.89. The molecule has 4 rings (SSSR count). The van der Waals surface area contributed by atoms with E-state index in [1.165, 1.54) is 4.90 Å². The maximum Gasteiger partial charge on any atom is 0.247 e. The van der Waals surface area contributed by atoms with Gasteiger partial charge in [-0.1, -0.05) is 36.4 Å². The zero-order valence-corrected chi connectivity index (χ0v) is 21.0. The molecule has 4 aromatic rings. The van der Waals surface area contributed by atoms with Gasteiger partial charge in [0.25, 0.3) is 0 Å². The summed E-state index contributed by atoms with van der Waals surface area (Å²) >= 11 is 0. The van der Waals surface area contributed by atoms with Crippen LogP contribution in [0, 0.1) is 0 Å². The zero-order chi connectivity index (χ0) is 25.7. The predicted octanol–water partition coefficient (Wildman–Crippen LogP) is 4.11. The number of nitrogens with zero attached hydrogens (tertiary/aromatic N) is 4. The van der Waals surface area contributed by atoms with Crippen LogP contribution < -0.4 is 10.1 Å². The molecule has 0 saturated carbocycles. The Bertz CT molecular complexity index is 1330. The lowest BCUT2D eigenvalue weighted by molar-refractivity contribution is -0.143. The molecule has 2 aromatic heterocycles. The number of hydrogen-bond donors (Lipinski definition) is 1. The molecule has 0 fully saturated rings. The third-order valence-electron chi connectivity index (χ3n) is 6.25. The summed E-state index contributed by atoms with van der Waals surface area (Å²) in [7, 11) is 1.57. The van der Waals surface area contributed by atoms with E-state index in [0.717, 1.165) is 11.9 Å². The molecule has 0 saturated heterocycles. The molecule has 2 heterocycles. The second-order valence-electron chi connectivity index (χ2n) is 9.24. The Kier molecular flexibility index (Phi) is 7.38.